The second-order valence-electron chi connectivity index (χ2n) is 5.12. The van der Waals surface area contributed by atoms with Gasteiger partial charge in [-0.25, -0.2) is 0 Å². The van der Waals surface area contributed by atoms with Gasteiger partial charge in [-0.2, -0.15) is 0 Å². The third-order valence-electron chi connectivity index (χ3n) is 3.36. The molecule has 0 bridgehead atoms. The molecule has 0 aromatic heterocycles. The van der Waals surface area contributed by atoms with E-state index in [2.05, 4.69) is 75.6 Å². The van der Waals surface area contributed by atoms with E-state index in [0.717, 1.165) is 33.2 Å². The van der Waals surface area contributed by atoms with E-state index in [4.69, 9.17) is 0 Å². The number of halogens is 1. The maximum atomic E-state index is 4.53. The Morgan fingerprint density at radius 3 is 2.50 bits per heavy atom. The Kier molecular flexibility index (Phi) is 5.01. The first-order valence-electron chi connectivity index (χ1n) is 7.19. The molecule has 1 aliphatic rings. The second-order valence-corrected chi connectivity index (χ2v) is 7.16. The van der Waals surface area contributed by atoms with Crippen molar-refractivity contribution >= 4 is 44.1 Å². The summed E-state index contributed by atoms with van der Waals surface area (Å²) < 4.78 is 1.08. The summed E-state index contributed by atoms with van der Waals surface area (Å²) in [6.07, 6.45) is 2.14. The van der Waals surface area contributed by atoms with Gasteiger partial charge >= 0.3 is 0 Å². The predicted molar refractivity (Wildman–Crippen MR) is 102 cm³/mol. The number of nitrogens with one attached hydrogen (secondary N) is 1. The van der Waals surface area contributed by atoms with Crippen molar-refractivity contribution in [3.63, 3.8) is 0 Å². The molecule has 3 rings (SSSR count). The molecule has 0 saturated carbocycles. The van der Waals surface area contributed by atoms with E-state index < -0.39 is 0 Å². The number of nitrogens with zero attached hydrogens (tertiary/aromatic N) is 1. The minimum Gasteiger partial charge on any atom is -0.355 e. The number of aliphatic imine (C=N–C) groups is 1. The molecule has 2 aromatic carbocycles. The van der Waals surface area contributed by atoms with Crippen LogP contribution < -0.4 is 5.32 Å². The maximum absolute atomic E-state index is 4.53. The highest BCUT2D eigenvalue weighted by Gasteiger charge is 2.08. The molecular weight excluding hydrogens is 356 g/mol. The van der Waals surface area contributed by atoms with Crippen LogP contribution >= 0.6 is 27.7 Å². The lowest BCUT2D eigenvalue weighted by molar-refractivity contribution is 1.18. The summed E-state index contributed by atoms with van der Waals surface area (Å²) in [4.78, 5) is 4.53. The Labute approximate surface area is 143 Å². The molecule has 0 fully saturated rings. The zero-order valence-corrected chi connectivity index (χ0v) is 14.7. The molecule has 1 N–H and O–H groups in total. The minimum absolute atomic E-state index is 0.913. The van der Waals surface area contributed by atoms with Crippen molar-refractivity contribution in [1.29, 1.82) is 0 Å². The molecule has 2 aromatic rings. The molecule has 0 saturated heterocycles. The zero-order valence-electron chi connectivity index (χ0n) is 12.3. The summed E-state index contributed by atoms with van der Waals surface area (Å²) in [6, 6.07) is 16.8. The fourth-order valence-corrected chi connectivity index (χ4v) is 3.22. The molecule has 1 heterocycles. The van der Waals surface area contributed by atoms with Gasteiger partial charge in [-0.3, -0.25) is 4.99 Å². The molecule has 22 heavy (non-hydrogen) atoms. The lowest BCUT2D eigenvalue weighted by atomic mass is 10.1. The Bertz CT molecular complexity index is 703. The Morgan fingerprint density at radius 2 is 1.86 bits per heavy atom. The van der Waals surface area contributed by atoms with Crippen LogP contribution in [0.15, 0.2) is 64.1 Å². The van der Waals surface area contributed by atoms with Crippen molar-refractivity contribution in [1.82, 2.24) is 0 Å². The molecule has 0 spiro atoms. The van der Waals surface area contributed by atoms with E-state index in [1.807, 2.05) is 23.9 Å². The van der Waals surface area contributed by atoms with E-state index >= 15 is 0 Å². The van der Waals surface area contributed by atoms with Gasteiger partial charge in [-0.15, -0.1) is 11.8 Å². The number of benzene rings is 2. The lowest BCUT2D eigenvalue weighted by Crippen LogP contribution is -2.01. The van der Waals surface area contributed by atoms with Crippen LogP contribution in [0.5, 0.6) is 0 Å². The number of hydrogen-bond donors (Lipinski definition) is 1. The fraction of sp³-hybridized carbons (Fsp3) is 0.167. The summed E-state index contributed by atoms with van der Waals surface area (Å²) in [5, 5.41) is 4.61. The summed E-state index contributed by atoms with van der Waals surface area (Å²) in [7, 11) is 0. The summed E-state index contributed by atoms with van der Waals surface area (Å²) in [6.45, 7) is 3.02. The third-order valence-corrected chi connectivity index (χ3v) is 4.82. The van der Waals surface area contributed by atoms with Gasteiger partial charge in [0.05, 0.1) is 5.04 Å². The Morgan fingerprint density at radius 1 is 1.14 bits per heavy atom. The van der Waals surface area contributed by atoms with Gasteiger partial charge in [0, 0.05) is 28.2 Å². The Hall–Kier alpha value is -1.52. The van der Waals surface area contributed by atoms with E-state index in [1.165, 1.54) is 11.1 Å². The minimum atomic E-state index is 0.913. The van der Waals surface area contributed by atoms with Crippen molar-refractivity contribution in [2.24, 2.45) is 4.99 Å². The van der Waals surface area contributed by atoms with Crippen LogP contribution in [-0.4, -0.2) is 17.3 Å². The number of aryl methyl sites for hydroxylation is 1. The van der Waals surface area contributed by atoms with Crippen molar-refractivity contribution in [3.8, 4) is 0 Å². The summed E-state index contributed by atoms with van der Waals surface area (Å²) in [5.41, 5.74) is 4.58. The fourth-order valence-electron chi connectivity index (χ4n) is 2.18. The van der Waals surface area contributed by atoms with Crippen LogP contribution in [0.1, 0.15) is 11.1 Å². The van der Waals surface area contributed by atoms with E-state index in [1.54, 1.807) is 0 Å². The van der Waals surface area contributed by atoms with Crippen LogP contribution in [0.2, 0.25) is 0 Å². The topological polar surface area (TPSA) is 24.4 Å². The smallest absolute Gasteiger partial charge is 0.0926 e. The van der Waals surface area contributed by atoms with Gasteiger partial charge in [0.2, 0.25) is 0 Å². The zero-order chi connectivity index (χ0) is 15.4. The number of anilines is 1. The summed E-state index contributed by atoms with van der Waals surface area (Å²) in [5.74, 6) is 1.07. The highest BCUT2D eigenvalue weighted by Crippen LogP contribution is 2.23. The van der Waals surface area contributed by atoms with E-state index in [-0.39, 0.29) is 0 Å². The van der Waals surface area contributed by atoms with E-state index in [0.29, 0.717) is 0 Å². The summed E-state index contributed by atoms with van der Waals surface area (Å²) >= 11 is 5.28. The number of hydrogen-bond acceptors (Lipinski definition) is 3. The molecule has 1 aliphatic heterocycles. The number of rotatable bonds is 4. The SMILES string of the molecule is Cc1ccc(C(=CC2=NCCS2)Nc2ccc(Br)cc2)cc1. The van der Waals surface area contributed by atoms with Gasteiger partial charge in [0.15, 0.2) is 0 Å². The molecule has 0 unspecified atom stereocenters. The first-order chi connectivity index (χ1) is 10.7. The molecular formula is C18H17BrN2S. The van der Waals surface area contributed by atoms with Gasteiger partial charge in [-0.05, 0) is 42.8 Å². The van der Waals surface area contributed by atoms with Crippen LogP contribution in [0.25, 0.3) is 5.70 Å². The predicted octanol–water partition coefficient (Wildman–Crippen LogP) is 5.36. The molecule has 0 atom stereocenters. The molecule has 0 radical (unpaired) electrons. The molecule has 2 nitrogen and oxygen atoms in total. The van der Waals surface area contributed by atoms with Crippen LogP contribution in [0.4, 0.5) is 5.69 Å². The first-order valence-corrected chi connectivity index (χ1v) is 8.97. The largest absolute Gasteiger partial charge is 0.355 e. The Balaban J connectivity index is 1.91. The quantitative estimate of drug-likeness (QED) is 0.781. The lowest BCUT2D eigenvalue weighted by Gasteiger charge is -2.12. The molecule has 4 heteroatoms. The van der Waals surface area contributed by atoms with Gasteiger partial charge in [0.25, 0.3) is 0 Å². The van der Waals surface area contributed by atoms with Crippen molar-refractivity contribution in [3.05, 3.63) is 70.2 Å². The second kappa shape index (κ2) is 7.16. The monoisotopic (exact) mass is 372 g/mol. The van der Waals surface area contributed by atoms with Crippen LogP contribution in [0, 0.1) is 6.92 Å². The molecule has 0 amide bonds. The van der Waals surface area contributed by atoms with Crippen molar-refractivity contribution in [2.75, 3.05) is 17.6 Å². The maximum Gasteiger partial charge on any atom is 0.0926 e. The standard InChI is InChI=1S/C18H17BrN2S/c1-13-2-4-14(5-3-13)17(12-18-20-10-11-22-18)21-16-8-6-15(19)7-9-16/h2-9,12,21H,10-11H2,1H3. The van der Waals surface area contributed by atoms with Crippen LogP contribution in [0.3, 0.4) is 0 Å². The first kappa shape index (κ1) is 15.4. The highest BCUT2D eigenvalue weighted by atomic mass is 79.9. The van der Waals surface area contributed by atoms with Crippen molar-refractivity contribution in [2.45, 2.75) is 6.92 Å². The average molecular weight is 373 g/mol. The van der Waals surface area contributed by atoms with Gasteiger partial charge < -0.3 is 5.32 Å². The molecule has 112 valence electrons. The van der Waals surface area contributed by atoms with Crippen LogP contribution in [-0.2, 0) is 0 Å². The molecule has 0 aliphatic carbocycles. The normalized spacial score (nSPS) is 14.8. The number of thioether (sulfide) groups is 1. The third kappa shape index (κ3) is 4.02. The van der Waals surface area contributed by atoms with E-state index in [9.17, 15) is 0 Å². The average Bonchev–Trinajstić information content (AvgIpc) is 3.03. The van der Waals surface area contributed by atoms with Gasteiger partial charge in [-0.1, -0.05) is 45.8 Å². The van der Waals surface area contributed by atoms with Crippen molar-refractivity contribution < 1.29 is 0 Å². The van der Waals surface area contributed by atoms with Gasteiger partial charge in [0.1, 0.15) is 0 Å². The highest BCUT2D eigenvalue weighted by molar-refractivity contribution is 9.10.